The third-order valence-electron chi connectivity index (χ3n) is 3.70. The monoisotopic (exact) mass is 228 g/mol. The Morgan fingerprint density at radius 3 is 2.88 bits per heavy atom. The Hall–Kier alpha value is -0.120. The van der Waals surface area contributed by atoms with E-state index in [0.717, 1.165) is 25.3 Å². The Morgan fingerprint density at radius 1 is 1.50 bits per heavy atom. The number of likely N-dealkylation sites (tertiary alicyclic amines) is 1. The molecule has 16 heavy (non-hydrogen) atoms. The van der Waals surface area contributed by atoms with Gasteiger partial charge in [0.15, 0.2) is 0 Å². The van der Waals surface area contributed by atoms with Gasteiger partial charge >= 0.3 is 0 Å². The van der Waals surface area contributed by atoms with E-state index in [1.54, 1.807) is 0 Å². The summed E-state index contributed by atoms with van der Waals surface area (Å²) in [4.78, 5) is 2.53. The molecular formula is C13H28N2O. The van der Waals surface area contributed by atoms with Crippen molar-refractivity contribution in [3.63, 3.8) is 0 Å². The van der Waals surface area contributed by atoms with E-state index >= 15 is 0 Å². The molecule has 3 N–H and O–H groups in total. The van der Waals surface area contributed by atoms with Crippen LogP contribution < -0.4 is 5.73 Å². The maximum atomic E-state index is 9.79. The molecule has 1 saturated heterocycles. The topological polar surface area (TPSA) is 49.5 Å². The number of rotatable bonds is 7. The van der Waals surface area contributed by atoms with Crippen LogP contribution in [0.15, 0.2) is 0 Å². The van der Waals surface area contributed by atoms with E-state index in [0.29, 0.717) is 6.54 Å². The molecule has 0 aromatic heterocycles. The lowest BCUT2D eigenvalue weighted by atomic mass is 10.0. The minimum absolute atomic E-state index is 0.367. The zero-order valence-corrected chi connectivity index (χ0v) is 10.9. The number of hydrogen-bond donors (Lipinski definition) is 2. The Labute approximate surface area is 100 Å². The van der Waals surface area contributed by atoms with Crippen molar-refractivity contribution in [3.05, 3.63) is 0 Å². The van der Waals surface area contributed by atoms with E-state index in [4.69, 9.17) is 5.73 Å². The summed E-state index contributed by atoms with van der Waals surface area (Å²) in [5, 5.41) is 9.79. The molecular weight excluding hydrogens is 200 g/mol. The molecule has 2 unspecified atom stereocenters. The molecule has 3 nitrogen and oxygen atoms in total. The van der Waals surface area contributed by atoms with Crippen molar-refractivity contribution in [2.75, 3.05) is 26.2 Å². The van der Waals surface area contributed by atoms with Crippen molar-refractivity contribution in [1.29, 1.82) is 0 Å². The van der Waals surface area contributed by atoms with Crippen molar-refractivity contribution in [1.82, 2.24) is 4.90 Å². The lowest BCUT2D eigenvalue weighted by molar-refractivity contribution is 0.0550. The highest BCUT2D eigenvalue weighted by atomic mass is 16.3. The second kappa shape index (κ2) is 6.58. The maximum Gasteiger partial charge on any atom is 0.0741 e. The molecule has 1 fully saturated rings. The van der Waals surface area contributed by atoms with Crippen molar-refractivity contribution in [2.45, 2.75) is 51.6 Å². The van der Waals surface area contributed by atoms with E-state index < -0.39 is 5.60 Å². The standard InChI is InChI=1S/C13H28N2O/c1-3-5-12-6-9-15(10-12)8-4-7-13(2,16)11-14/h12,16H,3-11,14H2,1-2H3. The summed E-state index contributed by atoms with van der Waals surface area (Å²) in [7, 11) is 0. The first-order chi connectivity index (χ1) is 7.57. The molecule has 0 aromatic carbocycles. The zero-order chi connectivity index (χ0) is 12.0. The quantitative estimate of drug-likeness (QED) is 0.696. The molecule has 3 heteroatoms. The van der Waals surface area contributed by atoms with Crippen LogP contribution in [0.25, 0.3) is 0 Å². The molecule has 0 amide bonds. The van der Waals surface area contributed by atoms with E-state index in [1.165, 1.54) is 32.4 Å². The van der Waals surface area contributed by atoms with E-state index in [1.807, 2.05) is 6.92 Å². The van der Waals surface area contributed by atoms with E-state index in [2.05, 4.69) is 11.8 Å². The summed E-state index contributed by atoms with van der Waals surface area (Å²) in [5.41, 5.74) is 4.83. The second-order valence-corrected chi connectivity index (χ2v) is 5.55. The third kappa shape index (κ3) is 4.81. The van der Waals surface area contributed by atoms with Crippen molar-refractivity contribution >= 4 is 0 Å². The summed E-state index contributed by atoms with van der Waals surface area (Å²) in [6, 6.07) is 0. The van der Waals surface area contributed by atoms with Crippen molar-refractivity contribution in [2.24, 2.45) is 11.7 Å². The predicted octanol–water partition coefficient (Wildman–Crippen LogP) is 1.60. The lowest BCUT2D eigenvalue weighted by Crippen LogP contribution is -2.35. The van der Waals surface area contributed by atoms with Gasteiger partial charge in [0.05, 0.1) is 5.60 Å². The molecule has 1 aliphatic heterocycles. The lowest BCUT2D eigenvalue weighted by Gasteiger charge is -2.23. The number of aliphatic hydroxyl groups is 1. The Kier molecular flexibility index (Phi) is 5.73. The zero-order valence-electron chi connectivity index (χ0n) is 10.9. The van der Waals surface area contributed by atoms with Gasteiger partial charge in [0, 0.05) is 13.1 Å². The van der Waals surface area contributed by atoms with Gasteiger partial charge in [0.2, 0.25) is 0 Å². The SMILES string of the molecule is CCCC1CCN(CCCC(C)(O)CN)C1. The van der Waals surface area contributed by atoms with Crippen LogP contribution in [0, 0.1) is 5.92 Å². The van der Waals surface area contributed by atoms with Crippen LogP contribution in [0.2, 0.25) is 0 Å². The van der Waals surface area contributed by atoms with Gasteiger partial charge in [-0.25, -0.2) is 0 Å². The fourth-order valence-corrected chi connectivity index (χ4v) is 2.55. The highest BCUT2D eigenvalue weighted by molar-refractivity contribution is 4.77. The van der Waals surface area contributed by atoms with Crippen LogP contribution in [0.3, 0.4) is 0 Å². The van der Waals surface area contributed by atoms with Gasteiger partial charge in [-0.3, -0.25) is 0 Å². The molecule has 1 aliphatic rings. The molecule has 1 rings (SSSR count). The second-order valence-electron chi connectivity index (χ2n) is 5.55. The fourth-order valence-electron chi connectivity index (χ4n) is 2.55. The first kappa shape index (κ1) is 13.9. The molecule has 0 spiro atoms. The molecule has 2 atom stereocenters. The largest absolute Gasteiger partial charge is 0.389 e. The summed E-state index contributed by atoms with van der Waals surface area (Å²) >= 11 is 0. The molecule has 96 valence electrons. The Bertz CT molecular complexity index is 194. The normalized spacial score (nSPS) is 25.9. The predicted molar refractivity (Wildman–Crippen MR) is 68.4 cm³/mol. The molecule has 0 radical (unpaired) electrons. The summed E-state index contributed by atoms with van der Waals surface area (Å²) in [5.74, 6) is 0.917. The molecule has 0 aliphatic carbocycles. The molecule has 1 heterocycles. The fraction of sp³-hybridized carbons (Fsp3) is 1.00. The first-order valence-electron chi connectivity index (χ1n) is 6.72. The first-order valence-corrected chi connectivity index (χ1v) is 6.72. The van der Waals surface area contributed by atoms with Gasteiger partial charge in [-0.05, 0) is 51.6 Å². The average Bonchev–Trinajstić information content (AvgIpc) is 2.66. The van der Waals surface area contributed by atoms with Crippen LogP contribution in [-0.2, 0) is 0 Å². The van der Waals surface area contributed by atoms with Crippen molar-refractivity contribution in [3.8, 4) is 0 Å². The average molecular weight is 228 g/mol. The molecule has 0 saturated carbocycles. The Balaban J connectivity index is 2.11. The van der Waals surface area contributed by atoms with Gasteiger partial charge in [-0.15, -0.1) is 0 Å². The molecule has 0 bridgehead atoms. The van der Waals surface area contributed by atoms with Gasteiger partial charge < -0.3 is 15.7 Å². The van der Waals surface area contributed by atoms with Crippen molar-refractivity contribution < 1.29 is 5.11 Å². The van der Waals surface area contributed by atoms with E-state index in [-0.39, 0.29) is 0 Å². The molecule has 0 aromatic rings. The number of nitrogens with two attached hydrogens (primary N) is 1. The van der Waals surface area contributed by atoms with Gasteiger partial charge in [-0.1, -0.05) is 13.3 Å². The van der Waals surface area contributed by atoms with Gasteiger partial charge in [0.1, 0.15) is 0 Å². The van der Waals surface area contributed by atoms with Crippen LogP contribution in [-0.4, -0.2) is 41.8 Å². The maximum absolute atomic E-state index is 9.79. The summed E-state index contributed by atoms with van der Waals surface area (Å²) in [6.45, 7) is 8.09. The smallest absolute Gasteiger partial charge is 0.0741 e. The van der Waals surface area contributed by atoms with E-state index in [9.17, 15) is 5.11 Å². The van der Waals surface area contributed by atoms with Crippen LogP contribution in [0.1, 0.15) is 46.0 Å². The third-order valence-corrected chi connectivity index (χ3v) is 3.70. The highest BCUT2D eigenvalue weighted by Crippen LogP contribution is 2.21. The van der Waals surface area contributed by atoms with Crippen LogP contribution >= 0.6 is 0 Å². The van der Waals surface area contributed by atoms with Crippen LogP contribution in [0.4, 0.5) is 0 Å². The van der Waals surface area contributed by atoms with Gasteiger partial charge in [0.25, 0.3) is 0 Å². The minimum Gasteiger partial charge on any atom is -0.389 e. The number of hydrogen-bond acceptors (Lipinski definition) is 3. The van der Waals surface area contributed by atoms with Crippen LogP contribution in [0.5, 0.6) is 0 Å². The minimum atomic E-state index is -0.664. The van der Waals surface area contributed by atoms with Gasteiger partial charge in [-0.2, -0.15) is 0 Å². The highest BCUT2D eigenvalue weighted by Gasteiger charge is 2.22. The summed E-state index contributed by atoms with van der Waals surface area (Å²) in [6.07, 6.45) is 5.92. The number of nitrogens with zero attached hydrogens (tertiary/aromatic N) is 1. The Morgan fingerprint density at radius 2 is 2.25 bits per heavy atom. The summed E-state index contributed by atoms with van der Waals surface area (Å²) < 4.78 is 0.